The van der Waals surface area contributed by atoms with E-state index in [9.17, 15) is 30.8 Å². The van der Waals surface area contributed by atoms with Gasteiger partial charge in [-0.2, -0.15) is 26.7 Å². The summed E-state index contributed by atoms with van der Waals surface area (Å²) in [4.78, 5) is 17.9. The van der Waals surface area contributed by atoms with Crippen LogP contribution in [0.25, 0.3) is 32.5 Å². The van der Waals surface area contributed by atoms with Crippen molar-refractivity contribution in [3.63, 3.8) is 0 Å². The third kappa shape index (κ3) is 5.68. The van der Waals surface area contributed by atoms with Crippen molar-refractivity contribution < 1.29 is 44.1 Å². The first-order valence-corrected chi connectivity index (χ1v) is 15.0. The van der Waals surface area contributed by atoms with Crippen LogP contribution in [-0.2, 0) is 14.9 Å². The molecule has 1 unspecified atom stereocenters. The van der Waals surface area contributed by atoms with Crippen molar-refractivity contribution in [2.24, 2.45) is 0 Å². The van der Waals surface area contributed by atoms with E-state index in [1.54, 1.807) is 13.8 Å². The average molecular weight is 643 g/mol. The third-order valence-electron chi connectivity index (χ3n) is 6.66. The van der Waals surface area contributed by atoms with Crippen LogP contribution < -0.4 is 8.92 Å². The molecule has 1 aliphatic heterocycles. The minimum atomic E-state index is -6.15. The van der Waals surface area contributed by atoms with Gasteiger partial charge in [0.25, 0.3) is 0 Å². The van der Waals surface area contributed by atoms with Gasteiger partial charge in [-0.1, -0.05) is 6.58 Å². The minimum Gasteiger partial charge on any atom is -0.490 e. The lowest BCUT2D eigenvalue weighted by Gasteiger charge is -2.20. The zero-order chi connectivity index (χ0) is 31.3. The maximum absolute atomic E-state index is 15.7. The highest BCUT2D eigenvalue weighted by molar-refractivity contribution is 7.88. The summed E-state index contributed by atoms with van der Waals surface area (Å²) in [6.45, 7) is 7.34. The molecule has 16 heteroatoms. The van der Waals surface area contributed by atoms with E-state index in [1.807, 2.05) is 0 Å². The summed E-state index contributed by atoms with van der Waals surface area (Å²) in [5.74, 6) is -3.80. The lowest BCUT2D eigenvalue weighted by molar-refractivity contribution is -0.125. The van der Waals surface area contributed by atoms with Gasteiger partial charge in [-0.05, 0) is 37.8 Å². The van der Waals surface area contributed by atoms with E-state index >= 15 is 4.39 Å². The third-order valence-corrected chi connectivity index (χ3v) is 8.54. The van der Waals surface area contributed by atoms with E-state index in [-0.39, 0.29) is 56.6 Å². The fourth-order valence-corrected chi connectivity index (χ4v) is 6.26. The molecule has 4 heterocycles. The quantitative estimate of drug-likeness (QED) is 0.106. The molecule has 43 heavy (non-hydrogen) atoms. The summed E-state index contributed by atoms with van der Waals surface area (Å²) in [6, 6.07) is 2.86. The molecule has 9 nitrogen and oxygen atoms in total. The van der Waals surface area contributed by atoms with Gasteiger partial charge in [-0.15, -0.1) is 11.3 Å². The number of likely N-dealkylation sites (tertiary alicyclic amines) is 1. The highest BCUT2D eigenvalue weighted by Gasteiger charge is 2.49. The lowest BCUT2D eigenvalue weighted by atomic mass is 9.93. The van der Waals surface area contributed by atoms with Gasteiger partial charge in [0.15, 0.2) is 0 Å². The molecule has 1 atom stereocenters. The van der Waals surface area contributed by atoms with Crippen LogP contribution in [0.1, 0.15) is 31.9 Å². The summed E-state index contributed by atoms with van der Waals surface area (Å²) in [6.07, 6.45) is 2.44. The number of thiophene rings is 1. The van der Waals surface area contributed by atoms with Crippen molar-refractivity contribution in [2.75, 3.05) is 13.1 Å². The fourth-order valence-electron chi connectivity index (χ4n) is 4.89. The number of pyridine rings is 1. The summed E-state index contributed by atoms with van der Waals surface area (Å²) in [5, 5.41) is 8.25. The monoisotopic (exact) mass is 642 g/mol. The zero-order valence-electron chi connectivity index (χ0n) is 22.5. The molecule has 1 aliphatic rings. The number of benzene rings is 1. The molecule has 4 aromatic rings. The smallest absolute Gasteiger partial charge is 0.490 e. The molecule has 3 aromatic heterocycles. The number of H-pyrrole nitrogens is 1. The Bertz CT molecular complexity index is 1830. The number of hydrogen-bond acceptors (Lipinski definition) is 8. The van der Waals surface area contributed by atoms with Crippen molar-refractivity contribution in [3.8, 4) is 34.0 Å². The Morgan fingerprint density at radius 3 is 2.67 bits per heavy atom. The molecule has 0 radical (unpaired) electrons. The van der Waals surface area contributed by atoms with E-state index < -0.39 is 39.2 Å². The Balaban J connectivity index is 1.81. The van der Waals surface area contributed by atoms with Gasteiger partial charge < -0.3 is 13.8 Å². The molecular formula is C27H23F5N4O5S2. The van der Waals surface area contributed by atoms with Crippen LogP contribution in [0.15, 0.2) is 42.4 Å². The maximum Gasteiger partial charge on any atom is 0.534 e. The van der Waals surface area contributed by atoms with Crippen molar-refractivity contribution in [1.29, 1.82) is 0 Å². The van der Waals surface area contributed by atoms with Gasteiger partial charge in [0.1, 0.15) is 17.4 Å². The van der Waals surface area contributed by atoms with E-state index in [0.29, 0.717) is 24.7 Å². The second-order valence-corrected chi connectivity index (χ2v) is 12.3. The summed E-state index contributed by atoms with van der Waals surface area (Å²) >= 11 is 0.947. The first-order valence-electron chi connectivity index (χ1n) is 12.7. The zero-order valence-corrected chi connectivity index (χ0v) is 24.2. The number of nitrogens with zero attached hydrogens (tertiary/aromatic N) is 3. The van der Waals surface area contributed by atoms with Crippen molar-refractivity contribution in [2.45, 2.75) is 37.8 Å². The number of aromatic amines is 1. The second kappa shape index (κ2) is 11.2. The van der Waals surface area contributed by atoms with Crippen LogP contribution in [-0.4, -0.2) is 59.1 Å². The van der Waals surface area contributed by atoms with Crippen molar-refractivity contribution in [3.05, 3.63) is 59.8 Å². The molecule has 1 saturated heterocycles. The SMILES string of the molecule is C=CC(=O)N1CCC(c2n[nH]cc2-c2nc(OS(=O)(=O)C(F)(F)F)c3ccsc3c2-c2c(F)cc(F)cc2OC(C)C)C1. The number of carbonyl (C=O) groups is 1. The average Bonchev–Trinajstić information content (AvgIpc) is 3.67. The topological polar surface area (TPSA) is 114 Å². The van der Waals surface area contributed by atoms with Gasteiger partial charge in [-0.3, -0.25) is 9.89 Å². The first kappa shape index (κ1) is 30.4. The van der Waals surface area contributed by atoms with Gasteiger partial charge in [0.05, 0.1) is 28.4 Å². The van der Waals surface area contributed by atoms with Gasteiger partial charge in [0, 0.05) is 53.2 Å². The molecule has 1 N–H and O–H groups in total. The molecule has 0 saturated carbocycles. The predicted molar refractivity (Wildman–Crippen MR) is 148 cm³/mol. The van der Waals surface area contributed by atoms with E-state index in [0.717, 1.165) is 23.5 Å². The molecule has 0 bridgehead atoms. The molecule has 1 amide bonds. The van der Waals surface area contributed by atoms with Crippen LogP contribution in [0.5, 0.6) is 11.6 Å². The Hall–Kier alpha value is -4.05. The van der Waals surface area contributed by atoms with Crippen LogP contribution in [0.2, 0.25) is 0 Å². The molecule has 0 spiro atoms. The highest BCUT2D eigenvalue weighted by atomic mass is 32.2. The number of halogens is 5. The number of alkyl halides is 3. The standard InChI is InChI=1S/C27H23F5N4O5S2/c1-4-20(37)36-7-5-14(12-36)23-17(11-33-35-23)24-22(21-18(29)9-15(28)10-19(21)40-13(2)3)25-16(6-8-42-25)26(34-24)41-43(38,39)27(30,31)32/h4,6,8-11,13-14H,1,5,7,12H2,2-3H3,(H,33,35). The van der Waals surface area contributed by atoms with E-state index in [1.165, 1.54) is 22.5 Å². The number of fused-ring (bicyclic) bond motifs is 1. The Kier molecular flexibility index (Phi) is 7.94. The largest absolute Gasteiger partial charge is 0.534 e. The summed E-state index contributed by atoms with van der Waals surface area (Å²) in [5.41, 5.74) is -5.70. The van der Waals surface area contributed by atoms with Crippen LogP contribution >= 0.6 is 11.3 Å². The van der Waals surface area contributed by atoms with Crippen molar-refractivity contribution in [1.82, 2.24) is 20.1 Å². The minimum absolute atomic E-state index is 0.00502. The lowest BCUT2D eigenvalue weighted by Crippen LogP contribution is -2.28. The molecule has 0 aliphatic carbocycles. The molecule has 1 aromatic carbocycles. The van der Waals surface area contributed by atoms with Gasteiger partial charge in [0.2, 0.25) is 11.8 Å². The van der Waals surface area contributed by atoms with E-state index in [4.69, 9.17) is 4.74 Å². The number of carbonyl (C=O) groups excluding carboxylic acids is 1. The maximum atomic E-state index is 15.7. The Labute approximate surface area is 246 Å². The van der Waals surface area contributed by atoms with Crippen LogP contribution in [0.4, 0.5) is 22.0 Å². The molecule has 228 valence electrons. The Morgan fingerprint density at radius 2 is 2.00 bits per heavy atom. The Morgan fingerprint density at radius 1 is 1.26 bits per heavy atom. The predicted octanol–water partition coefficient (Wildman–Crippen LogP) is 6.15. The van der Waals surface area contributed by atoms with E-state index in [2.05, 4.69) is 25.9 Å². The first-order chi connectivity index (χ1) is 20.2. The molecule has 1 fully saturated rings. The van der Waals surface area contributed by atoms with Gasteiger partial charge in [-0.25, -0.2) is 13.8 Å². The number of nitrogens with one attached hydrogen (secondary N) is 1. The molecule has 5 rings (SSSR count). The number of amides is 1. The molecular weight excluding hydrogens is 619 g/mol. The summed E-state index contributed by atoms with van der Waals surface area (Å²) in [7, 11) is -6.15. The van der Waals surface area contributed by atoms with Crippen molar-refractivity contribution >= 4 is 37.4 Å². The number of rotatable bonds is 8. The van der Waals surface area contributed by atoms with Gasteiger partial charge >= 0.3 is 15.6 Å². The fraction of sp³-hybridized carbons (Fsp3) is 0.296. The number of hydrogen-bond donors (Lipinski definition) is 1. The second-order valence-electron chi connectivity index (χ2n) is 9.87. The normalized spacial score (nSPS) is 15.8. The number of ether oxygens (including phenoxy) is 1. The van der Waals surface area contributed by atoms with Crippen LogP contribution in [0.3, 0.4) is 0 Å². The highest BCUT2D eigenvalue weighted by Crippen LogP contribution is 2.49. The van der Waals surface area contributed by atoms with Crippen LogP contribution in [0, 0.1) is 11.6 Å². The summed E-state index contributed by atoms with van der Waals surface area (Å²) < 4.78 is 105. The number of aromatic nitrogens is 3.